The van der Waals surface area contributed by atoms with Gasteiger partial charge in [0.2, 0.25) is 5.91 Å². The molecular weight excluding hydrogens is 330 g/mol. The number of amides is 1. The lowest BCUT2D eigenvalue weighted by Crippen LogP contribution is -2.09. The summed E-state index contributed by atoms with van der Waals surface area (Å²) >= 11 is 0. The van der Waals surface area contributed by atoms with E-state index in [1.807, 2.05) is 31.2 Å². The molecule has 0 spiro atoms. The molecule has 1 N–H and O–H groups in total. The van der Waals surface area contributed by atoms with E-state index in [4.69, 9.17) is 4.42 Å². The van der Waals surface area contributed by atoms with Crippen molar-refractivity contribution in [2.24, 2.45) is 0 Å². The second kappa shape index (κ2) is 7.65. The van der Waals surface area contributed by atoms with Crippen LogP contribution in [0.15, 0.2) is 59.2 Å². The average Bonchev–Trinajstić information content (AvgIpc) is 3.24. The van der Waals surface area contributed by atoms with Gasteiger partial charge < -0.3 is 9.73 Å². The number of rotatable bonds is 6. The molecule has 3 rings (SSSR count). The van der Waals surface area contributed by atoms with Crippen molar-refractivity contribution in [1.82, 2.24) is 9.78 Å². The van der Waals surface area contributed by atoms with Crippen LogP contribution in [0.2, 0.25) is 0 Å². The van der Waals surface area contributed by atoms with E-state index in [0.29, 0.717) is 23.9 Å². The lowest BCUT2D eigenvalue weighted by atomic mass is 10.1. The number of Topliss-reactive ketones (excluding diaryl/α,β-unsaturated/α-hetero) is 1. The van der Waals surface area contributed by atoms with Crippen LogP contribution in [0.4, 0.5) is 5.82 Å². The second-order valence-corrected chi connectivity index (χ2v) is 5.95. The molecule has 0 aliphatic carbocycles. The predicted molar refractivity (Wildman–Crippen MR) is 98.9 cm³/mol. The number of hydrogen-bond donors (Lipinski definition) is 1. The van der Waals surface area contributed by atoms with Gasteiger partial charge in [-0.1, -0.05) is 29.8 Å². The van der Waals surface area contributed by atoms with Gasteiger partial charge in [0.25, 0.3) is 0 Å². The molecule has 0 aliphatic rings. The van der Waals surface area contributed by atoms with Gasteiger partial charge in [0.05, 0.1) is 6.54 Å². The third-order valence-corrected chi connectivity index (χ3v) is 3.72. The molecule has 0 aliphatic heterocycles. The summed E-state index contributed by atoms with van der Waals surface area (Å²) in [6, 6.07) is 13.0. The van der Waals surface area contributed by atoms with Crippen LogP contribution in [0, 0.1) is 6.92 Å². The van der Waals surface area contributed by atoms with Crippen LogP contribution in [0.25, 0.3) is 6.08 Å². The number of aryl methyl sites for hydroxylation is 1. The van der Waals surface area contributed by atoms with Crippen LogP contribution in [-0.2, 0) is 11.3 Å². The molecular formula is C20H19N3O3. The molecule has 2 heterocycles. The van der Waals surface area contributed by atoms with Gasteiger partial charge in [-0.25, -0.2) is 0 Å². The van der Waals surface area contributed by atoms with Crippen LogP contribution in [0.1, 0.15) is 34.4 Å². The fraction of sp³-hybridized carbons (Fsp3) is 0.150. The summed E-state index contributed by atoms with van der Waals surface area (Å²) in [5.41, 5.74) is 2.12. The van der Waals surface area contributed by atoms with Crippen LogP contribution < -0.4 is 5.32 Å². The van der Waals surface area contributed by atoms with Gasteiger partial charge in [0.15, 0.2) is 17.4 Å². The van der Waals surface area contributed by atoms with Gasteiger partial charge in [-0.3, -0.25) is 14.3 Å². The van der Waals surface area contributed by atoms with Crippen molar-refractivity contribution in [2.75, 3.05) is 5.32 Å². The maximum Gasteiger partial charge on any atom is 0.249 e. The summed E-state index contributed by atoms with van der Waals surface area (Å²) in [6.07, 6.45) is 4.95. The van der Waals surface area contributed by atoms with Crippen molar-refractivity contribution in [2.45, 2.75) is 20.4 Å². The Morgan fingerprint density at radius 1 is 1.15 bits per heavy atom. The summed E-state index contributed by atoms with van der Waals surface area (Å²) in [5.74, 6) is 1.01. The standard InChI is InChI=1S/C20H19N3O3/c1-14-3-5-16(6-4-14)7-10-20(25)21-19-11-12-23(22-19)13-17-8-9-18(26-17)15(2)24/h3-12H,13H2,1-2H3,(H,21,22,25). The van der Waals surface area contributed by atoms with Crippen LogP contribution in [0.5, 0.6) is 0 Å². The quantitative estimate of drug-likeness (QED) is 0.544. The molecule has 132 valence electrons. The number of benzene rings is 1. The monoisotopic (exact) mass is 349 g/mol. The minimum Gasteiger partial charge on any atom is -0.456 e. The number of furan rings is 1. The van der Waals surface area contributed by atoms with E-state index in [1.165, 1.54) is 18.6 Å². The van der Waals surface area contributed by atoms with E-state index in [9.17, 15) is 9.59 Å². The van der Waals surface area contributed by atoms with Crippen molar-refractivity contribution in [3.63, 3.8) is 0 Å². The highest BCUT2D eigenvalue weighted by Crippen LogP contribution is 2.11. The van der Waals surface area contributed by atoms with Crippen molar-refractivity contribution >= 4 is 23.6 Å². The number of ketones is 1. The molecule has 0 fully saturated rings. The zero-order valence-electron chi connectivity index (χ0n) is 14.6. The van der Waals surface area contributed by atoms with E-state index in [2.05, 4.69) is 10.4 Å². The molecule has 1 aromatic carbocycles. The van der Waals surface area contributed by atoms with Gasteiger partial charge in [0.1, 0.15) is 5.76 Å². The smallest absolute Gasteiger partial charge is 0.249 e. The topological polar surface area (TPSA) is 77.1 Å². The number of anilines is 1. The van der Waals surface area contributed by atoms with Gasteiger partial charge in [0, 0.05) is 25.3 Å². The average molecular weight is 349 g/mol. The maximum atomic E-state index is 12.0. The van der Waals surface area contributed by atoms with Crippen LogP contribution >= 0.6 is 0 Å². The fourth-order valence-corrected chi connectivity index (χ4v) is 2.35. The first-order valence-electron chi connectivity index (χ1n) is 8.18. The van der Waals surface area contributed by atoms with Crippen molar-refractivity contribution < 1.29 is 14.0 Å². The van der Waals surface area contributed by atoms with Crippen molar-refractivity contribution in [3.05, 3.63) is 77.4 Å². The first-order valence-corrected chi connectivity index (χ1v) is 8.18. The Balaban J connectivity index is 1.57. The summed E-state index contributed by atoms with van der Waals surface area (Å²) in [4.78, 5) is 23.2. The first kappa shape index (κ1) is 17.4. The Labute approximate surface area is 151 Å². The SMILES string of the molecule is CC(=O)c1ccc(Cn2ccc(NC(=O)C=Cc3ccc(C)cc3)n2)o1. The molecule has 0 unspecified atom stereocenters. The molecule has 0 saturated carbocycles. The molecule has 3 aromatic rings. The molecule has 0 saturated heterocycles. The van der Waals surface area contributed by atoms with Crippen molar-refractivity contribution in [1.29, 1.82) is 0 Å². The molecule has 6 heteroatoms. The minimum atomic E-state index is -0.257. The number of nitrogens with one attached hydrogen (secondary N) is 1. The lowest BCUT2D eigenvalue weighted by molar-refractivity contribution is -0.111. The Morgan fingerprint density at radius 3 is 2.62 bits per heavy atom. The summed E-state index contributed by atoms with van der Waals surface area (Å²) in [6.45, 7) is 3.84. The van der Waals surface area contributed by atoms with Gasteiger partial charge in [-0.15, -0.1) is 0 Å². The summed E-state index contributed by atoms with van der Waals surface area (Å²) < 4.78 is 7.05. The number of hydrogen-bond acceptors (Lipinski definition) is 4. The van der Waals surface area contributed by atoms with Crippen LogP contribution in [-0.4, -0.2) is 21.5 Å². The number of carbonyl (C=O) groups excluding carboxylic acids is 2. The van der Waals surface area contributed by atoms with E-state index in [0.717, 1.165) is 5.56 Å². The Bertz CT molecular complexity index is 949. The Morgan fingerprint density at radius 2 is 1.92 bits per heavy atom. The molecule has 2 aromatic heterocycles. The highest BCUT2D eigenvalue weighted by Gasteiger charge is 2.08. The number of nitrogens with zero attached hydrogens (tertiary/aromatic N) is 2. The largest absolute Gasteiger partial charge is 0.456 e. The third-order valence-electron chi connectivity index (χ3n) is 3.72. The highest BCUT2D eigenvalue weighted by molar-refractivity contribution is 6.01. The van der Waals surface area contributed by atoms with Gasteiger partial charge >= 0.3 is 0 Å². The zero-order chi connectivity index (χ0) is 18.5. The van der Waals surface area contributed by atoms with Gasteiger partial charge in [-0.05, 0) is 30.7 Å². The summed E-state index contributed by atoms with van der Waals surface area (Å²) in [7, 11) is 0. The van der Waals surface area contributed by atoms with E-state index < -0.39 is 0 Å². The minimum absolute atomic E-state index is 0.120. The zero-order valence-corrected chi connectivity index (χ0v) is 14.6. The maximum absolute atomic E-state index is 12.0. The van der Waals surface area contributed by atoms with Gasteiger partial charge in [-0.2, -0.15) is 5.10 Å². The normalized spacial score (nSPS) is 11.0. The predicted octanol–water partition coefficient (Wildman–Crippen LogP) is 3.69. The molecule has 0 atom stereocenters. The molecule has 6 nitrogen and oxygen atoms in total. The van der Waals surface area contributed by atoms with Crippen LogP contribution in [0.3, 0.4) is 0 Å². The molecule has 1 amide bonds. The summed E-state index contributed by atoms with van der Waals surface area (Å²) in [5, 5.41) is 6.98. The van der Waals surface area contributed by atoms with Crippen molar-refractivity contribution in [3.8, 4) is 0 Å². The number of aromatic nitrogens is 2. The fourth-order valence-electron chi connectivity index (χ4n) is 2.35. The van der Waals surface area contributed by atoms with E-state index >= 15 is 0 Å². The highest BCUT2D eigenvalue weighted by atomic mass is 16.3. The molecule has 0 bridgehead atoms. The first-order chi connectivity index (χ1) is 12.5. The van der Waals surface area contributed by atoms with E-state index in [-0.39, 0.29) is 11.7 Å². The molecule has 0 radical (unpaired) electrons. The number of carbonyl (C=O) groups is 2. The Hall–Kier alpha value is -3.41. The Kier molecular flexibility index (Phi) is 5.12. The second-order valence-electron chi connectivity index (χ2n) is 5.95. The third kappa shape index (κ3) is 4.57. The van der Waals surface area contributed by atoms with E-state index in [1.54, 1.807) is 35.2 Å². The lowest BCUT2D eigenvalue weighted by Gasteiger charge is -1.99. The molecule has 26 heavy (non-hydrogen) atoms.